The number of carbonyl (C=O) groups is 2. The molecule has 2 N–H and O–H groups in total. The number of benzene rings is 2. The van der Waals surface area contributed by atoms with Gasteiger partial charge in [0.2, 0.25) is 0 Å². The summed E-state index contributed by atoms with van der Waals surface area (Å²) in [5.41, 5.74) is 2.48. The summed E-state index contributed by atoms with van der Waals surface area (Å²) in [5.74, 6) is -0.795. The van der Waals surface area contributed by atoms with E-state index in [0.29, 0.717) is 16.6 Å². The minimum absolute atomic E-state index is 0.205. The van der Waals surface area contributed by atoms with Crippen LogP contribution in [0.1, 0.15) is 30.9 Å². The van der Waals surface area contributed by atoms with E-state index in [9.17, 15) is 9.59 Å². The van der Waals surface area contributed by atoms with Gasteiger partial charge in [0.25, 0.3) is 0 Å². The molecule has 0 aliphatic carbocycles. The number of rotatable bonds is 5. The van der Waals surface area contributed by atoms with Crippen LogP contribution >= 0.6 is 23.2 Å². The lowest BCUT2D eigenvalue weighted by Gasteiger charge is -2.31. The van der Waals surface area contributed by atoms with Crippen molar-refractivity contribution in [1.29, 1.82) is 0 Å². The molecule has 1 atom stereocenters. The van der Waals surface area contributed by atoms with Gasteiger partial charge in [0.15, 0.2) is 0 Å². The fourth-order valence-corrected chi connectivity index (χ4v) is 3.94. The Morgan fingerprint density at radius 2 is 1.83 bits per heavy atom. The predicted octanol–water partition coefficient (Wildman–Crippen LogP) is 4.48. The monoisotopic (exact) mass is 433 g/mol. The Balaban J connectivity index is 1.58. The highest BCUT2D eigenvalue weighted by Crippen LogP contribution is 2.29. The summed E-state index contributed by atoms with van der Waals surface area (Å²) in [7, 11) is 0. The average Bonchev–Trinajstić information content (AvgIpc) is 2.70. The van der Waals surface area contributed by atoms with E-state index >= 15 is 0 Å². The molecule has 154 valence electrons. The maximum Gasteiger partial charge on any atom is 0.313 e. The number of amides is 2. The van der Waals surface area contributed by atoms with Gasteiger partial charge in [-0.25, -0.2) is 0 Å². The Kier molecular flexibility index (Phi) is 7.53. The van der Waals surface area contributed by atoms with Gasteiger partial charge in [0.1, 0.15) is 0 Å². The molecule has 0 bridgehead atoms. The second kappa shape index (κ2) is 10.1. The van der Waals surface area contributed by atoms with Gasteiger partial charge in [-0.15, -0.1) is 0 Å². The van der Waals surface area contributed by atoms with Gasteiger partial charge >= 0.3 is 11.8 Å². The van der Waals surface area contributed by atoms with E-state index in [0.717, 1.165) is 25.2 Å². The predicted molar refractivity (Wildman–Crippen MR) is 117 cm³/mol. The molecule has 0 saturated carbocycles. The molecule has 2 aromatic carbocycles. The average molecular weight is 434 g/mol. The smallest absolute Gasteiger partial charge is 0.313 e. The number of likely N-dealkylation sites (tertiary alicyclic amines) is 1. The summed E-state index contributed by atoms with van der Waals surface area (Å²) >= 11 is 12.0. The van der Waals surface area contributed by atoms with Crippen LogP contribution in [0.5, 0.6) is 0 Å². The molecule has 0 radical (unpaired) electrons. The number of halogens is 2. The van der Waals surface area contributed by atoms with Crippen LogP contribution in [0.2, 0.25) is 10.0 Å². The second-order valence-corrected chi connectivity index (χ2v) is 8.27. The SMILES string of the molecule is CC1CCCN(Cc2ccccc2CNC(=O)C(=O)Nc2cccc(Cl)c2Cl)C1. The summed E-state index contributed by atoms with van der Waals surface area (Å²) in [6.07, 6.45) is 2.49. The van der Waals surface area contributed by atoms with Crippen molar-refractivity contribution in [3.05, 3.63) is 63.6 Å². The molecule has 0 spiro atoms. The van der Waals surface area contributed by atoms with Crippen molar-refractivity contribution in [3.8, 4) is 0 Å². The van der Waals surface area contributed by atoms with Crippen molar-refractivity contribution in [2.24, 2.45) is 5.92 Å². The first kappa shape index (κ1) is 21.6. The van der Waals surface area contributed by atoms with Crippen LogP contribution in [-0.4, -0.2) is 29.8 Å². The maximum atomic E-state index is 12.3. The molecule has 2 aromatic rings. The number of carbonyl (C=O) groups excluding carboxylic acids is 2. The molecular formula is C22H25Cl2N3O2. The van der Waals surface area contributed by atoms with Crippen LogP contribution in [0.25, 0.3) is 0 Å². The molecule has 29 heavy (non-hydrogen) atoms. The minimum atomic E-state index is -0.781. The van der Waals surface area contributed by atoms with Crippen LogP contribution in [0.15, 0.2) is 42.5 Å². The van der Waals surface area contributed by atoms with E-state index in [1.165, 1.54) is 18.4 Å². The Morgan fingerprint density at radius 1 is 1.07 bits per heavy atom. The van der Waals surface area contributed by atoms with Crippen LogP contribution < -0.4 is 10.6 Å². The number of nitrogens with one attached hydrogen (secondary N) is 2. The zero-order valence-electron chi connectivity index (χ0n) is 16.4. The lowest BCUT2D eigenvalue weighted by molar-refractivity contribution is -0.136. The van der Waals surface area contributed by atoms with Crippen LogP contribution in [0.3, 0.4) is 0 Å². The van der Waals surface area contributed by atoms with Crippen molar-refractivity contribution in [2.75, 3.05) is 18.4 Å². The van der Waals surface area contributed by atoms with Gasteiger partial charge in [0, 0.05) is 19.6 Å². The van der Waals surface area contributed by atoms with Crippen molar-refractivity contribution >= 4 is 40.7 Å². The van der Waals surface area contributed by atoms with Crippen LogP contribution in [0.4, 0.5) is 5.69 Å². The van der Waals surface area contributed by atoms with E-state index < -0.39 is 11.8 Å². The first-order valence-corrected chi connectivity index (χ1v) is 10.5. The maximum absolute atomic E-state index is 12.3. The van der Waals surface area contributed by atoms with E-state index in [4.69, 9.17) is 23.2 Å². The zero-order valence-corrected chi connectivity index (χ0v) is 17.9. The summed E-state index contributed by atoms with van der Waals surface area (Å²) < 4.78 is 0. The summed E-state index contributed by atoms with van der Waals surface area (Å²) in [4.78, 5) is 26.9. The van der Waals surface area contributed by atoms with E-state index in [1.807, 2.05) is 18.2 Å². The molecule has 1 unspecified atom stereocenters. The first-order valence-electron chi connectivity index (χ1n) is 9.76. The number of piperidine rings is 1. The number of nitrogens with zero attached hydrogens (tertiary/aromatic N) is 1. The molecule has 5 nitrogen and oxygen atoms in total. The van der Waals surface area contributed by atoms with Crippen LogP contribution in [0, 0.1) is 5.92 Å². The van der Waals surface area contributed by atoms with Gasteiger partial charge in [-0.05, 0) is 48.6 Å². The molecule has 1 aliphatic heterocycles. The van der Waals surface area contributed by atoms with Gasteiger partial charge < -0.3 is 10.6 Å². The highest BCUT2D eigenvalue weighted by Gasteiger charge is 2.19. The van der Waals surface area contributed by atoms with Gasteiger partial charge in [-0.3, -0.25) is 14.5 Å². The van der Waals surface area contributed by atoms with Gasteiger partial charge in [-0.2, -0.15) is 0 Å². The Hall–Kier alpha value is -2.08. The van der Waals surface area contributed by atoms with Crippen molar-refractivity contribution in [2.45, 2.75) is 32.9 Å². The normalized spacial score (nSPS) is 17.0. The topological polar surface area (TPSA) is 61.4 Å². The standard InChI is InChI=1S/C22H25Cl2N3O2/c1-15-6-5-11-27(13-15)14-17-8-3-2-7-16(17)12-25-21(28)22(29)26-19-10-4-9-18(23)20(19)24/h2-4,7-10,15H,5-6,11-14H2,1H3,(H,25,28)(H,26,29). The summed E-state index contributed by atoms with van der Waals surface area (Å²) in [6, 6.07) is 12.9. The fraction of sp³-hybridized carbons (Fsp3) is 0.364. The summed E-state index contributed by atoms with van der Waals surface area (Å²) in [6.45, 7) is 5.59. The van der Waals surface area contributed by atoms with E-state index in [-0.39, 0.29) is 11.6 Å². The number of hydrogen-bond acceptors (Lipinski definition) is 3. The van der Waals surface area contributed by atoms with Gasteiger partial charge in [-0.1, -0.05) is 60.5 Å². The number of hydrogen-bond donors (Lipinski definition) is 2. The van der Waals surface area contributed by atoms with Crippen molar-refractivity contribution < 1.29 is 9.59 Å². The Bertz CT molecular complexity index is 888. The first-order chi connectivity index (χ1) is 13.9. The van der Waals surface area contributed by atoms with Crippen LogP contribution in [-0.2, 0) is 22.7 Å². The molecule has 1 heterocycles. The number of anilines is 1. The lowest BCUT2D eigenvalue weighted by Crippen LogP contribution is -2.36. The molecule has 1 fully saturated rings. The molecule has 0 aromatic heterocycles. The largest absolute Gasteiger partial charge is 0.344 e. The third kappa shape index (κ3) is 5.95. The zero-order chi connectivity index (χ0) is 20.8. The minimum Gasteiger partial charge on any atom is -0.344 e. The Morgan fingerprint density at radius 3 is 2.59 bits per heavy atom. The van der Waals surface area contributed by atoms with Gasteiger partial charge in [0.05, 0.1) is 15.7 Å². The van der Waals surface area contributed by atoms with E-state index in [2.05, 4.69) is 28.5 Å². The third-order valence-corrected chi connectivity index (χ3v) is 5.92. The molecule has 1 aliphatic rings. The fourth-order valence-electron chi connectivity index (χ4n) is 3.59. The molecule has 3 rings (SSSR count). The quantitative estimate of drug-likeness (QED) is 0.683. The highest BCUT2D eigenvalue weighted by molar-refractivity contribution is 6.45. The molecule has 2 amide bonds. The summed E-state index contributed by atoms with van der Waals surface area (Å²) in [5, 5.41) is 5.71. The molecular weight excluding hydrogens is 409 g/mol. The molecule has 7 heteroatoms. The third-order valence-electron chi connectivity index (χ3n) is 5.10. The van der Waals surface area contributed by atoms with Crippen molar-refractivity contribution in [3.63, 3.8) is 0 Å². The Labute approximate surface area is 181 Å². The van der Waals surface area contributed by atoms with Crippen molar-refractivity contribution in [1.82, 2.24) is 10.2 Å². The van der Waals surface area contributed by atoms with E-state index in [1.54, 1.807) is 18.2 Å². The highest BCUT2D eigenvalue weighted by atomic mass is 35.5. The second-order valence-electron chi connectivity index (χ2n) is 7.49. The molecule has 1 saturated heterocycles. The lowest BCUT2D eigenvalue weighted by atomic mass is 9.99.